The second kappa shape index (κ2) is 10.8. The summed E-state index contributed by atoms with van der Waals surface area (Å²) in [5.41, 5.74) is 11.4. The highest BCUT2D eigenvalue weighted by molar-refractivity contribution is 6.16. The normalized spacial score (nSPS) is 13.0. The summed E-state index contributed by atoms with van der Waals surface area (Å²) in [6.45, 7) is 2.50. The smallest absolute Gasteiger partial charge is 0.383 e. The molecule has 3 aromatic rings. The number of halogens is 3. The fraction of sp³-hybridized carbons (Fsp3) is 0.217. The van der Waals surface area contributed by atoms with E-state index >= 15 is 0 Å². The number of nitrogens with zero attached hydrogens (tertiary/aromatic N) is 2. The summed E-state index contributed by atoms with van der Waals surface area (Å²) in [6, 6.07) is 10.2. The molecule has 1 amide bonds. The van der Waals surface area contributed by atoms with Gasteiger partial charge >= 0.3 is 6.18 Å². The minimum Gasteiger partial charge on any atom is -0.383 e. The van der Waals surface area contributed by atoms with Crippen LogP contribution in [0.1, 0.15) is 39.9 Å². The Kier molecular flexibility index (Phi) is 7.79. The van der Waals surface area contributed by atoms with E-state index in [1.165, 1.54) is 68.7 Å². The van der Waals surface area contributed by atoms with Crippen molar-refractivity contribution >= 4 is 28.9 Å². The van der Waals surface area contributed by atoms with Crippen molar-refractivity contribution < 1.29 is 18.0 Å². The summed E-state index contributed by atoms with van der Waals surface area (Å²) in [4.78, 5) is 19.9. The van der Waals surface area contributed by atoms with Crippen molar-refractivity contribution in [2.24, 2.45) is 0 Å². The number of alkyl halides is 3. The summed E-state index contributed by atoms with van der Waals surface area (Å²) < 4.78 is 38.4. The van der Waals surface area contributed by atoms with E-state index in [0.29, 0.717) is 11.3 Å². The molecule has 0 atom stereocenters. The van der Waals surface area contributed by atoms with E-state index in [0.717, 1.165) is 12.1 Å². The van der Waals surface area contributed by atoms with Crippen molar-refractivity contribution in [2.45, 2.75) is 19.0 Å². The van der Waals surface area contributed by atoms with E-state index in [1.807, 2.05) is 0 Å². The van der Waals surface area contributed by atoms with Crippen molar-refractivity contribution in [3.8, 4) is 0 Å². The van der Waals surface area contributed by atoms with Gasteiger partial charge in [-0.3, -0.25) is 10.2 Å². The summed E-state index contributed by atoms with van der Waals surface area (Å²) in [5, 5.41) is 14.0. The van der Waals surface area contributed by atoms with Gasteiger partial charge in [0, 0.05) is 16.8 Å². The molecule has 1 saturated heterocycles. The molecule has 4 rings (SSSR count). The van der Waals surface area contributed by atoms with Crippen LogP contribution in [0.25, 0.3) is 0 Å². The van der Waals surface area contributed by atoms with Crippen LogP contribution in [0.2, 0.25) is 0 Å². The van der Waals surface area contributed by atoms with E-state index in [-0.39, 0.29) is 28.5 Å². The zero-order valence-corrected chi connectivity index (χ0v) is 18.1. The number of rotatable bonds is 4. The Balaban J connectivity index is 0.000000574. The molecule has 0 radical (unpaired) electrons. The summed E-state index contributed by atoms with van der Waals surface area (Å²) >= 11 is 0. The second-order valence-electron chi connectivity index (χ2n) is 7.46. The van der Waals surface area contributed by atoms with Gasteiger partial charge in [-0.25, -0.2) is 9.97 Å². The molecule has 178 valence electrons. The lowest BCUT2D eigenvalue weighted by molar-refractivity contribution is -0.137. The van der Waals surface area contributed by atoms with Gasteiger partial charge in [0.2, 0.25) is 0 Å². The quantitative estimate of drug-likeness (QED) is 0.367. The minimum absolute atomic E-state index is 0.00338. The van der Waals surface area contributed by atoms with Crippen LogP contribution in [-0.2, 0) is 6.18 Å². The SMILES string of the molecule is C1CCNC1.N=C(c1ccc(NC(=O)c2cccc(C(F)(F)F)c2)cc1)c1c(N)ncnc1N. The first-order chi connectivity index (χ1) is 16.2. The third kappa shape index (κ3) is 6.29. The van der Waals surface area contributed by atoms with Crippen molar-refractivity contribution in [2.75, 3.05) is 29.9 Å². The number of nitrogens with one attached hydrogen (secondary N) is 3. The van der Waals surface area contributed by atoms with Gasteiger partial charge in [-0.2, -0.15) is 13.2 Å². The molecule has 34 heavy (non-hydrogen) atoms. The molecular formula is C23H24F3N7O. The van der Waals surface area contributed by atoms with E-state index in [2.05, 4.69) is 20.6 Å². The predicted octanol–water partition coefficient (Wildman–Crippen LogP) is 3.70. The molecule has 1 fully saturated rings. The maximum Gasteiger partial charge on any atom is 0.416 e. The number of anilines is 3. The van der Waals surface area contributed by atoms with Gasteiger partial charge in [0.15, 0.2) is 0 Å². The molecular weight excluding hydrogens is 447 g/mol. The topological polar surface area (TPSA) is 143 Å². The Labute approximate surface area is 194 Å². The van der Waals surface area contributed by atoms with Crippen molar-refractivity contribution in [1.29, 1.82) is 5.41 Å². The molecule has 1 aliphatic rings. The van der Waals surface area contributed by atoms with Crippen LogP contribution >= 0.6 is 0 Å². The maximum atomic E-state index is 12.8. The first-order valence-electron chi connectivity index (χ1n) is 10.4. The first-order valence-corrected chi connectivity index (χ1v) is 10.4. The number of carbonyl (C=O) groups is 1. The van der Waals surface area contributed by atoms with Crippen molar-refractivity contribution in [1.82, 2.24) is 15.3 Å². The zero-order chi connectivity index (χ0) is 24.7. The van der Waals surface area contributed by atoms with E-state index in [9.17, 15) is 18.0 Å². The highest BCUT2D eigenvalue weighted by Gasteiger charge is 2.30. The van der Waals surface area contributed by atoms with Crippen LogP contribution in [0.3, 0.4) is 0 Å². The third-order valence-electron chi connectivity index (χ3n) is 5.00. The van der Waals surface area contributed by atoms with Gasteiger partial charge in [-0.1, -0.05) is 18.2 Å². The van der Waals surface area contributed by atoms with Gasteiger partial charge in [-0.05, 0) is 56.3 Å². The van der Waals surface area contributed by atoms with Crippen LogP contribution in [0, 0.1) is 5.41 Å². The fourth-order valence-corrected chi connectivity index (χ4v) is 3.20. The number of hydrogen-bond donors (Lipinski definition) is 5. The number of nitrogen functional groups attached to an aromatic ring is 2. The zero-order valence-electron chi connectivity index (χ0n) is 18.1. The lowest BCUT2D eigenvalue weighted by Gasteiger charge is -2.11. The number of nitrogens with two attached hydrogens (primary N) is 2. The summed E-state index contributed by atoms with van der Waals surface area (Å²) in [5.74, 6) is -0.572. The van der Waals surface area contributed by atoms with Crippen molar-refractivity contribution in [3.63, 3.8) is 0 Å². The largest absolute Gasteiger partial charge is 0.416 e. The number of amides is 1. The average molecular weight is 471 g/mol. The van der Waals surface area contributed by atoms with Gasteiger partial charge in [0.25, 0.3) is 5.91 Å². The molecule has 11 heteroatoms. The molecule has 1 aliphatic heterocycles. The summed E-state index contributed by atoms with van der Waals surface area (Å²) in [7, 11) is 0. The minimum atomic E-state index is -4.54. The van der Waals surface area contributed by atoms with E-state index in [4.69, 9.17) is 16.9 Å². The van der Waals surface area contributed by atoms with E-state index in [1.54, 1.807) is 0 Å². The maximum absolute atomic E-state index is 12.8. The Morgan fingerprint density at radius 3 is 2.12 bits per heavy atom. The molecule has 2 aromatic carbocycles. The molecule has 0 spiro atoms. The summed E-state index contributed by atoms with van der Waals surface area (Å²) in [6.07, 6.45) is -0.572. The Morgan fingerprint density at radius 1 is 0.971 bits per heavy atom. The molecule has 0 aliphatic carbocycles. The number of benzene rings is 2. The number of aromatic nitrogens is 2. The van der Waals surface area contributed by atoms with Gasteiger partial charge in [0.1, 0.15) is 18.0 Å². The monoisotopic (exact) mass is 471 g/mol. The average Bonchev–Trinajstić information content (AvgIpc) is 3.39. The Bertz CT molecular complexity index is 1130. The molecule has 2 heterocycles. The molecule has 0 saturated carbocycles. The van der Waals surface area contributed by atoms with Crippen molar-refractivity contribution in [3.05, 3.63) is 77.1 Å². The van der Waals surface area contributed by atoms with Crippen LogP contribution < -0.4 is 22.1 Å². The first kappa shape index (κ1) is 24.6. The fourth-order valence-electron chi connectivity index (χ4n) is 3.20. The van der Waals surface area contributed by atoms with Gasteiger partial charge in [-0.15, -0.1) is 0 Å². The lowest BCUT2D eigenvalue weighted by atomic mass is 10.0. The van der Waals surface area contributed by atoms with Gasteiger partial charge < -0.3 is 22.1 Å². The molecule has 0 unspecified atom stereocenters. The molecule has 0 bridgehead atoms. The molecule has 7 N–H and O–H groups in total. The Hall–Kier alpha value is -3.99. The number of carbonyl (C=O) groups excluding carboxylic acids is 1. The number of hydrogen-bond acceptors (Lipinski definition) is 7. The highest BCUT2D eigenvalue weighted by Crippen LogP contribution is 2.29. The van der Waals surface area contributed by atoms with Gasteiger partial charge in [0.05, 0.1) is 16.8 Å². The van der Waals surface area contributed by atoms with Crippen LogP contribution in [0.5, 0.6) is 0 Å². The van der Waals surface area contributed by atoms with Crippen LogP contribution in [-0.4, -0.2) is 34.7 Å². The second-order valence-corrected chi connectivity index (χ2v) is 7.46. The third-order valence-corrected chi connectivity index (χ3v) is 5.00. The van der Waals surface area contributed by atoms with E-state index < -0.39 is 17.6 Å². The Morgan fingerprint density at radius 2 is 1.59 bits per heavy atom. The predicted molar refractivity (Wildman–Crippen MR) is 125 cm³/mol. The van der Waals surface area contributed by atoms with Crippen LogP contribution in [0.4, 0.5) is 30.5 Å². The van der Waals surface area contributed by atoms with Crippen LogP contribution in [0.15, 0.2) is 54.9 Å². The lowest BCUT2D eigenvalue weighted by Crippen LogP contribution is -2.14. The molecule has 1 aromatic heterocycles. The standard InChI is InChI=1S/C19H15F3N6O.C4H9N/c20-19(21,22)12-3-1-2-11(8-12)18(29)28-13-6-4-10(5-7-13)15(23)14-16(24)26-9-27-17(14)25;1-2-4-5-3-1/h1-9,23H,(H,28,29)(H4,24,25,26,27);5H,1-4H2. The molecule has 8 nitrogen and oxygen atoms in total. The highest BCUT2D eigenvalue weighted by atomic mass is 19.4.